The van der Waals surface area contributed by atoms with Crippen molar-refractivity contribution in [3.63, 3.8) is 0 Å². The number of hydrogen-bond acceptors (Lipinski definition) is 4. The van der Waals surface area contributed by atoms with E-state index in [9.17, 15) is 4.79 Å². The molecule has 1 aliphatic heterocycles. The highest BCUT2D eigenvalue weighted by Crippen LogP contribution is 2.26. The Hall–Kier alpha value is -1.33. The first-order chi connectivity index (χ1) is 8.60. The van der Waals surface area contributed by atoms with E-state index in [4.69, 9.17) is 12.2 Å². The molecule has 1 fully saturated rings. The number of nitrogens with one attached hydrogen (secondary N) is 1. The minimum atomic E-state index is -0.111. The second kappa shape index (κ2) is 5.54. The van der Waals surface area contributed by atoms with Gasteiger partial charge in [-0.25, -0.2) is 0 Å². The molecule has 1 N–H and O–H groups in total. The summed E-state index contributed by atoms with van der Waals surface area (Å²) in [5.41, 5.74) is 2.17. The van der Waals surface area contributed by atoms with Crippen LogP contribution in [0, 0.1) is 0 Å². The van der Waals surface area contributed by atoms with Gasteiger partial charge in [-0.3, -0.25) is 4.79 Å². The molecule has 1 aromatic carbocycles. The maximum absolute atomic E-state index is 11.5. The van der Waals surface area contributed by atoms with E-state index in [1.165, 1.54) is 17.4 Å². The molecule has 0 saturated carbocycles. The largest absolute Gasteiger partial charge is 0.375 e. The van der Waals surface area contributed by atoms with E-state index >= 15 is 0 Å². The number of rotatable bonds is 3. The molecule has 0 unspecified atom stereocenters. The molecule has 1 amide bonds. The SMILES string of the molecule is CCN(C)c1ccc(C=C2SC(=S)NC2=O)cc1. The van der Waals surface area contributed by atoms with Crippen molar-refractivity contribution in [2.45, 2.75) is 6.92 Å². The number of thiocarbonyl (C=S) groups is 1. The number of carbonyl (C=O) groups is 1. The second-order valence-electron chi connectivity index (χ2n) is 3.96. The van der Waals surface area contributed by atoms with Gasteiger partial charge in [0.25, 0.3) is 5.91 Å². The lowest BCUT2D eigenvalue weighted by atomic mass is 10.2. The summed E-state index contributed by atoms with van der Waals surface area (Å²) in [4.78, 5) is 14.3. The molecule has 0 bridgehead atoms. The van der Waals surface area contributed by atoms with Crippen molar-refractivity contribution in [3.05, 3.63) is 34.7 Å². The maximum Gasteiger partial charge on any atom is 0.263 e. The fourth-order valence-corrected chi connectivity index (χ4v) is 2.62. The fraction of sp³-hybridized carbons (Fsp3) is 0.231. The third-order valence-electron chi connectivity index (χ3n) is 2.75. The Bertz CT molecular complexity index is 508. The number of thioether (sulfide) groups is 1. The average molecular weight is 278 g/mol. The first-order valence-electron chi connectivity index (χ1n) is 5.66. The Balaban J connectivity index is 2.18. The molecule has 18 heavy (non-hydrogen) atoms. The van der Waals surface area contributed by atoms with Crippen molar-refractivity contribution in [1.82, 2.24) is 5.32 Å². The molecule has 1 aliphatic rings. The molecule has 0 spiro atoms. The molecule has 1 heterocycles. The van der Waals surface area contributed by atoms with Gasteiger partial charge in [0, 0.05) is 19.3 Å². The summed E-state index contributed by atoms with van der Waals surface area (Å²) in [6, 6.07) is 8.10. The highest BCUT2D eigenvalue weighted by atomic mass is 32.2. The average Bonchev–Trinajstić information content (AvgIpc) is 2.68. The van der Waals surface area contributed by atoms with Crippen LogP contribution in [-0.2, 0) is 4.79 Å². The van der Waals surface area contributed by atoms with Gasteiger partial charge in [-0.1, -0.05) is 36.1 Å². The van der Waals surface area contributed by atoms with Crippen LogP contribution >= 0.6 is 24.0 Å². The third-order valence-corrected chi connectivity index (χ3v) is 3.91. The molecule has 94 valence electrons. The summed E-state index contributed by atoms with van der Waals surface area (Å²) in [6.45, 7) is 3.07. The highest BCUT2D eigenvalue weighted by molar-refractivity contribution is 8.26. The smallest absolute Gasteiger partial charge is 0.263 e. The maximum atomic E-state index is 11.5. The third kappa shape index (κ3) is 2.91. The van der Waals surface area contributed by atoms with Crippen LogP contribution in [0.15, 0.2) is 29.2 Å². The number of carbonyl (C=O) groups excluding carboxylic acids is 1. The number of anilines is 1. The molecule has 1 aromatic rings. The van der Waals surface area contributed by atoms with Crippen molar-refractivity contribution in [1.29, 1.82) is 0 Å². The van der Waals surface area contributed by atoms with E-state index in [1.807, 2.05) is 37.4 Å². The van der Waals surface area contributed by atoms with Crippen LogP contribution in [0.1, 0.15) is 12.5 Å². The molecule has 5 heteroatoms. The molecule has 0 atom stereocenters. The van der Waals surface area contributed by atoms with E-state index in [0.717, 1.165) is 12.1 Å². The van der Waals surface area contributed by atoms with Crippen molar-refractivity contribution in [3.8, 4) is 0 Å². The first-order valence-corrected chi connectivity index (χ1v) is 6.88. The Morgan fingerprint density at radius 3 is 2.56 bits per heavy atom. The van der Waals surface area contributed by atoms with E-state index < -0.39 is 0 Å². The molecule has 2 rings (SSSR count). The van der Waals surface area contributed by atoms with Crippen LogP contribution in [0.2, 0.25) is 0 Å². The van der Waals surface area contributed by atoms with Crippen molar-refractivity contribution < 1.29 is 4.79 Å². The van der Waals surface area contributed by atoms with Gasteiger partial charge >= 0.3 is 0 Å². The molecule has 1 saturated heterocycles. The summed E-state index contributed by atoms with van der Waals surface area (Å²) in [5, 5.41) is 2.60. The second-order valence-corrected chi connectivity index (χ2v) is 5.68. The van der Waals surface area contributed by atoms with Crippen LogP contribution in [0.3, 0.4) is 0 Å². The number of benzene rings is 1. The topological polar surface area (TPSA) is 32.3 Å². The summed E-state index contributed by atoms with van der Waals surface area (Å²) >= 11 is 6.25. The van der Waals surface area contributed by atoms with Crippen molar-refractivity contribution in [2.24, 2.45) is 0 Å². The number of hydrogen-bond donors (Lipinski definition) is 1. The van der Waals surface area contributed by atoms with Gasteiger partial charge in [0.05, 0.1) is 4.91 Å². The lowest BCUT2D eigenvalue weighted by Gasteiger charge is -2.16. The minimum absolute atomic E-state index is 0.111. The molecule has 0 aliphatic carbocycles. The molecule has 0 aromatic heterocycles. The van der Waals surface area contributed by atoms with E-state index in [0.29, 0.717) is 9.23 Å². The van der Waals surface area contributed by atoms with Crippen LogP contribution in [-0.4, -0.2) is 23.8 Å². The summed E-state index contributed by atoms with van der Waals surface area (Å²) < 4.78 is 0.522. The van der Waals surface area contributed by atoms with Gasteiger partial charge in [-0.15, -0.1) is 0 Å². The van der Waals surface area contributed by atoms with Crippen LogP contribution in [0.4, 0.5) is 5.69 Å². The summed E-state index contributed by atoms with van der Waals surface area (Å²) in [6.07, 6.45) is 1.86. The van der Waals surface area contributed by atoms with Crippen LogP contribution in [0.25, 0.3) is 6.08 Å². The summed E-state index contributed by atoms with van der Waals surface area (Å²) in [5.74, 6) is -0.111. The van der Waals surface area contributed by atoms with Gasteiger partial charge in [0.1, 0.15) is 4.32 Å². The highest BCUT2D eigenvalue weighted by Gasteiger charge is 2.21. The Kier molecular flexibility index (Phi) is 4.04. The Morgan fingerprint density at radius 2 is 2.06 bits per heavy atom. The zero-order chi connectivity index (χ0) is 13.1. The van der Waals surface area contributed by atoms with Gasteiger partial charge in [-0.2, -0.15) is 0 Å². The minimum Gasteiger partial charge on any atom is -0.375 e. The molecular formula is C13H14N2OS2. The van der Waals surface area contributed by atoms with Gasteiger partial charge < -0.3 is 10.2 Å². The predicted octanol–water partition coefficient (Wildman–Crippen LogP) is 2.63. The molecular weight excluding hydrogens is 264 g/mol. The first kappa shape index (κ1) is 13.1. The van der Waals surface area contributed by atoms with E-state index in [-0.39, 0.29) is 5.91 Å². The van der Waals surface area contributed by atoms with Crippen molar-refractivity contribution in [2.75, 3.05) is 18.5 Å². The number of amides is 1. The van der Waals surface area contributed by atoms with Gasteiger partial charge in [-0.05, 0) is 30.7 Å². The van der Waals surface area contributed by atoms with E-state index in [2.05, 4.69) is 17.1 Å². The monoisotopic (exact) mass is 278 g/mol. The van der Waals surface area contributed by atoms with Crippen molar-refractivity contribution >= 4 is 46.0 Å². The van der Waals surface area contributed by atoms with Crippen LogP contribution < -0.4 is 10.2 Å². The lowest BCUT2D eigenvalue weighted by Crippen LogP contribution is -2.17. The Labute approximate surface area is 116 Å². The van der Waals surface area contributed by atoms with Gasteiger partial charge in [0.2, 0.25) is 0 Å². The normalized spacial score (nSPS) is 17.1. The molecule has 3 nitrogen and oxygen atoms in total. The van der Waals surface area contributed by atoms with E-state index in [1.54, 1.807) is 0 Å². The Morgan fingerprint density at radius 1 is 1.39 bits per heavy atom. The zero-order valence-electron chi connectivity index (χ0n) is 10.3. The lowest BCUT2D eigenvalue weighted by molar-refractivity contribution is -0.115. The summed E-state index contributed by atoms with van der Waals surface area (Å²) in [7, 11) is 2.05. The standard InChI is InChI=1S/C13H14N2OS2/c1-3-15(2)10-6-4-9(5-7-10)8-11-12(16)14-13(17)18-11/h4-8H,3H2,1-2H3,(H,14,16,17). The predicted molar refractivity (Wildman–Crippen MR) is 81.7 cm³/mol. The quantitative estimate of drug-likeness (QED) is 0.680. The number of nitrogens with zero attached hydrogens (tertiary/aromatic N) is 1. The zero-order valence-corrected chi connectivity index (χ0v) is 11.9. The van der Waals surface area contributed by atoms with Gasteiger partial charge in [0.15, 0.2) is 0 Å². The van der Waals surface area contributed by atoms with Crippen LogP contribution in [0.5, 0.6) is 0 Å². The fourth-order valence-electron chi connectivity index (χ4n) is 1.58. The molecule has 0 radical (unpaired) electrons.